The summed E-state index contributed by atoms with van der Waals surface area (Å²) in [5, 5.41) is 4.83. The third kappa shape index (κ3) is 8.38. The molecule has 2 unspecified atom stereocenters. The van der Waals surface area contributed by atoms with E-state index < -0.39 is 5.25 Å². The Hall–Kier alpha value is -1.32. The van der Waals surface area contributed by atoms with Gasteiger partial charge in [-0.25, -0.2) is 0 Å². The van der Waals surface area contributed by atoms with E-state index in [1.54, 1.807) is 0 Å². The molecule has 0 spiro atoms. The predicted octanol–water partition coefficient (Wildman–Crippen LogP) is -0.511. The average Bonchev–Trinajstić information content (AvgIpc) is 2.88. The van der Waals surface area contributed by atoms with Crippen molar-refractivity contribution in [1.29, 1.82) is 0 Å². The number of hydrogen-bond donors (Lipinski definition) is 2. The van der Waals surface area contributed by atoms with E-state index in [9.17, 15) is 19.2 Å². The second-order valence-electron chi connectivity index (χ2n) is 5.36. The van der Waals surface area contributed by atoms with Crippen LogP contribution in [0.3, 0.4) is 0 Å². The number of amides is 4. The number of nitrogens with one attached hydrogen (secondary N) is 2. The molecule has 1 saturated heterocycles. The molecule has 0 saturated carbocycles. The molecule has 0 bridgehead atoms. The van der Waals surface area contributed by atoms with Crippen LogP contribution in [0.2, 0.25) is 0 Å². The van der Waals surface area contributed by atoms with E-state index in [0.29, 0.717) is 19.8 Å². The SMILES string of the molecule is CCOCCC(=O)NCCNC(=O)CCN1C(=O)CC(S/B=N/P)C1=O. The van der Waals surface area contributed by atoms with Crippen LogP contribution in [0, 0.1) is 0 Å². The Kier molecular flexibility index (Phi) is 11.3. The number of imide groups is 1. The third-order valence-electron chi connectivity index (χ3n) is 3.50. The first-order chi connectivity index (χ1) is 12.5. The van der Waals surface area contributed by atoms with E-state index in [-0.39, 0.29) is 56.0 Å². The number of carbonyl (C=O) groups excluding carboxylic acids is 4. The van der Waals surface area contributed by atoms with Crippen LogP contribution in [0.4, 0.5) is 0 Å². The maximum absolute atomic E-state index is 12.1. The van der Waals surface area contributed by atoms with Crippen LogP contribution in [0.5, 0.6) is 0 Å². The van der Waals surface area contributed by atoms with Crippen molar-refractivity contribution in [3.05, 3.63) is 0 Å². The van der Waals surface area contributed by atoms with Crippen molar-refractivity contribution in [3.63, 3.8) is 0 Å². The first-order valence-electron chi connectivity index (χ1n) is 8.32. The number of carbonyl (C=O) groups is 4. The van der Waals surface area contributed by atoms with Gasteiger partial charge in [0.2, 0.25) is 0 Å². The normalized spacial score (nSPS) is 16.8. The van der Waals surface area contributed by atoms with E-state index >= 15 is 0 Å². The van der Waals surface area contributed by atoms with Crippen LogP contribution in [0.1, 0.15) is 26.2 Å². The molecule has 12 heteroatoms. The quantitative estimate of drug-likeness (QED) is 0.197. The number of rotatable bonds is 12. The Morgan fingerprint density at radius 3 is 2.58 bits per heavy atom. The molecule has 144 valence electrons. The third-order valence-corrected chi connectivity index (χ3v) is 4.80. The molecule has 1 fully saturated rings. The van der Waals surface area contributed by atoms with Crippen LogP contribution < -0.4 is 10.6 Å². The standard InChI is InChI=1S/C14H24BN4O5PS/c1-2-24-8-4-12(21)17-6-5-16-11(20)3-7-19-13(22)9-10(14(19)23)26-15-18-25/h10H,2-9,25H2,1H3,(H,16,20)(H,17,21). The Balaban J connectivity index is 2.19. The van der Waals surface area contributed by atoms with Gasteiger partial charge in [-0.15, -0.1) is 0 Å². The summed E-state index contributed by atoms with van der Waals surface area (Å²) in [5.41, 5.74) is 0. The summed E-state index contributed by atoms with van der Waals surface area (Å²) in [6, 6.07) is 0. The van der Waals surface area contributed by atoms with Crippen LogP contribution in [0.15, 0.2) is 4.67 Å². The Bertz CT molecular complexity index is 551. The fourth-order valence-electron chi connectivity index (χ4n) is 2.21. The first kappa shape index (κ1) is 22.7. The summed E-state index contributed by atoms with van der Waals surface area (Å²) in [7, 11) is 2.16. The minimum atomic E-state index is -0.471. The van der Waals surface area contributed by atoms with Crippen molar-refractivity contribution >= 4 is 51.0 Å². The summed E-state index contributed by atoms with van der Waals surface area (Å²) >= 11 is 1.19. The van der Waals surface area contributed by atoms with Crippen LogP contribution in [-0.2, 0) is 23.9 Å². The molecule has 0 aromatic heterocycles. The van der Waals surface area contributed by atoms with Crippen molar-refractivity contribution in [1.82, 2.24) is 15.5 Å². The fourth-order valence-corrected chi connectivity index (χ4v) is 3.12. The summed E-state index contributed by atoms with van der Waals surface area (Å²) < 4.78 is 8.78. The van der Waals surface area contributed by atoms with E-state index in [1.165, 1.54) is 18.0 Å². The summed E-state index contributed by atoms with van der Waals surface area (Å²) in [6.45, 7) is 3.44. The molecule has 1 heterocycles. The molecule has 1 rings (SSSR count). The van der Waals surface area contributed by atoms with Crippen LogP contribution >= 0.6 is 21.0 Å². The Morgan fingerprint density at radius 2 is 1.96 bits per heavy atom. The molecule has 0 aromatic rings. The number of likely N-dealkylation sites (tertiary alicyclic amines) is 1. The molecule has 1 aliphatic rings. The van der Waals surface area contributed by atoms with E-state index in [1.807, 2.05) is 6.92 Å². The van der Waals surface area contributed by atoms with Crippen molar-refractivity contribution in [2.75, 3.05) is 32.8 Å². The number of nitrogens with zero attached hydrogens (tertiary/aromatic N) is 2. The van der Waals surface area contributed by atoms with Gasteiger partial charge < -0.3 is 4.74 Å². The molecular formula is C14H24BN4O5PS. The van der Waals surface area contributed by atoms with Crippen LogP contribution in [-0.4, -0.2) is 73.0 Å². The van der Waals surface area contributed by atoms with Gasteiger partial charge >= 0.3 is 123 Å². The molecule has 2 atom stereocenters. The molecule has 26 heavy (non-hydrogen) atoms. The number of hydrogen-bond acceptors (Lipinski definition) is 7. The van der Waals surface area contributed by atoms with Gasteiger partial charge in [-0.3, -0.25) is 4.79 Å². The van der Waals surface area contributed by atoms with Gasteiger partial charge in [-0.1, -0.05) is 0 Å². The van der Waals surface area contributed by atoms with Gasteiger partial charge in [0.25, 0.3) is 0 Å². The molecule has 0 radical (unpaired) electrons. The monoisotopic (exact) mass is 402 g/mol. The second-order valence-corrected chi connectivity index (χ2v) is 6.71. The minimum absolute atomic E-state index is 0.0326. The average molecular weight is 402 g/mol. The predicted molar refractivity (Wildman–Crippen MR) is 102 cm³/mol. The molecule has 1 aliphatic heterocycles. The van der Waals surface area contributed by atoms with Crippen LogP contribution in [0.25, 0.3) is 0 Å². The number of ether oxygens (including phenoxy) is 1. The molecule has 0 aliphatic carbocycles. The van der Waals surface area contributed by atoms with Crippen molar-refractivity contribution in [3.8, 4) is 0 Å². The molecule has 9 nitrogen and oxygen atoms in total. The maximum atomic E-state index is 12.1. The Morgan fingerprint density at radius 1 is 1.31 bits per heavy atom. The van der Waals surface area contributed by atoms with Crippen molar-refractivity contribution < 1.29 is 23.9 Å². The van der Waals surface area contributed by atoms with Crippen molar-refractivity contribution in [2.24, 2.45) is 4.67 Å². The van der Waals surface area contributed by atoms with E-state index in [4.69, 9.17) is 4.74 Å². The van der Waals surface area contributed by atoms with E-state index in [0.717, 1.165) is 4.90 Å². The summed E-state index contributed by atoms with van der Waals surface area (Å²) in [5.74, 6) is -0.992. The van der Waals surface area contributed by atoms with Gasteiger partial charge in [0.05, 0.1) is 6.61 Å². The molecule has 4 amide bonds. The topological polar surface area (TPSA) is 117 Å². The van der Waals surface area contributed by atoms with Gasteiger partial charge in [-0.2, -0.15) is 0 Å². The zero-order valence-corrected chi connectivity index (χ0v) is 16.7. The first-order valence-corrected chi connectivity index (χ1v) is 9.78. The second kappa shape index (κ2) is 12.9. The van der Waals surface area contributed by atoms with Gasteiger partial charge in [-0.05, 0) is 6.92 Å². The summed E-state index contributed by atoms with van der Waals surface area (Å²) in [6.07, 6.45) is 1.93. The van der Waals surface area contributed by atoms with Gasteiger partial charge in [0.15, 0.2) is 0 Å². The van der Waals surface area contributed by atoms with Crippen molar-refractivity contribution in [2.45, 2.75) is 31.4 Å². The van der Waals surface area contributed by atoms with Gasteiger partial charge in [0.1, 0.15) is 0 Å². The zero-order chi connectivity index (χ0) is 19.4. The zero-order valence-electron chi connectivity index (χ0n) is 14.7. The molecule has 0 aromatic carbocycles. The Labute approximate surface area is 159 Å². The fraction of sp³-hybridized carbons (Fsp3) is 0.714. The van der Waals surface area contributed by atoms with Gasteiger partial charge in [0, 0.05) is 13.0 Å². The molecular weight excluding hydrogens is 378 g/mol. The summed E-state index contributed by atoms with van der Waals surface area (Å²) in [4.78, 5) is 48.3. The van der Waals surface area contributed by atoms with E-state index in [2.05, 4.69) is 24.7 Å². The molecule has 2 N–H and O–H groups in total.